The number of hydrogen-bond acceptors (Lipinski definition) is 3. The van der Waals surface area contributed by atoms with Crippen LogP contribution >= 0.6 is 0 Å². The van der Waals surface area contributed by atoms with Crippen molar-refractivity contribution < 1.29 is 4.74 Å². The molecule has 1 heterocycles. The number of hydrogen-bond donors (Lipinski definition) is 0. The van der Waals surface area contributed by atoms with Crippen molar-refractivity contribution in [3.63, 3.8) is 0 Å². The summed E-state index contributed by atoms with van der Waals surface area (Å²) in [6.45, 7) is 3.24. The largest absolute Gasteiger partial charge is 0.479 e. The Morgan fingerprint density at radius 1 is 1.91 bits per heavy atom. The molecule has 1 unspecified atom stereocenters. The lowest BCUT2D eigenvalue weighted by Crippen LogP contribution is -2.07. The summed E-state index contributed by atoms with van der Waals surface area (Å²) < 4.78 is 5.14. The molecule has 0 N–H and O–H groups in total. The van der Waals surface area contributed by atoms with E-state index in [9.17, 15) is 0 Å². The zero-order chi connectivity index (χ0) is 8.10. The molecule has 1 aliphatic rings. The van der Waals surface area contributed by atoms with Crippen LogP contribution in [-0.4, -0.2) is 25.1 Å². The molecule has 0 saturated heterocycles. The Balaban J connectivity index is 2.34. The van der Waals surface area contributed by atoms with E-state index >= 15 is 0 Å². The van der Waals surface area contributed by atoms with E-state index in [1.54, 1.807) is 0 Å². The van der Waals surface area contributed by atoms with Crippen LogP contribution in [0.5, 0.6) is 0 Å². The Hall–Kier alpha value is -1.22. The van der Waals surface area contributed by atoms with Gasteiger partial charge < -0.3 is 4.74 Å². The highest BCUT2D eigenvalue weighted by Crippen LogP contribution is 2.04. The molecular weight excluding hydrogens is 144 g/mol. The van der Waals surface area contributed by atoms with E-state index in [0.717, 1.165) is 6.54 Å². The predicted octanol–water partition coefficient (Wildman–Crippen LogP) is 1.50. The highest BCUT2D eigenvalue weighted by molar-refractivity contribution is 5.77. The van der Waals surface area contributed by atoms with Gasteiger partial charge in [-0.15, -0.1) is 0 Å². The molecule has 1 rings (SSSR count). The number of azide groups is 1. The van der Waals surface area contributed by atoms with E-state index < -0.39 is 0 Å². The maximum Gasteiger partial charge on any atom is 0.183 e. The standard InChI is InChI=1S/C6H10N4O/c1-5(9-10-7)4-6-8-2-3-11-6/h5H,2-4H2,1H3. The quantitative estimate of drug-likeness (QED) is 0.345. The van der Waals surface area contributed by atoms with Gasteiger partial charge in [0.1, 0.15) is 6.61 Å². The van der Waals surface area contributed by atoms with Gasteiger partial charge in [-0.05, 0) is 5.53 Å². The van der Waals surface area contributed by atoms with Crippen molar-refractivity contribution in [3.05, 3.63) is 10.4 Å². The van der Waals surface area contributed by atoms with Crippen molar-refractivity contribution in [1.29, 1.82) is 0 Å². The highest BCUT2D eigenvalue weighted by atomic mass is 16.5. The third-order valence-electron chi connectivity index (χ3n) is 1.37. The molecule has 1 aliphatic heterocycles. The highest BCUT2D eigenvalue weighted by Gasteiger charge is 2.10. The van der Waals surface area contributed by atoms with Gasteiger partial charge in [-0.25, -0.2) is 0 Å². The zero-order valence-electron chi connectivity index (χ0n) is 6.40. The second-order valence-corrected chi connectivity index (χ2v) is 2.38. The van der Waals surface area contributed by atoms with Crippen LogP contribution in [0.4, 0.5) is 0 Å². The van der Waals surface area contributed by atoms with Crippen LogP contribution in [0.1, 0.15) is 13.3 Å². The van der Waals surface area contributed by atoms with Crippen molar-refractivity contribution in [3.8, 4) is 0 Å². The minimum atomic E-state index is -0.0585. The van der Waals surface area contributed by atoms with Gasteiger partial charge in [0.05, 0.1) is 6.54 Å². The fourth-order valence-corrected chi connectivity index (χ4v) is 0.885. The molecule has 0 spiro atoms. The van der Waals surface area contributed by atoms with Gasteiger partial charge in [0.25, 0.3) is 0 Å². The van der Waals surface area contributed by atoms with Crippen LogP contribution < -0.4 is 0 Å². The smallest absolute Gasteiger partial charge is 0.183 e. The van der Waals surface area contributed by atoms with Gasteiger partial charge in [-0.1, -0.05) is 12.0 Å². The summed E-state index contributed by atoms with van der Waals surface area (Å²) in [6.07, 6.45) is 0.615. The number of aliphatic imine (C=N–C) groups is 1. The number of rotatable bonds is 3. The second kappa shape index (κ2) is 3.83. The number of nitrogens with zero attached hydrogens (tertiary/aromatic N) is 4. The first-order valence-electron chi connectivity index (χ1n) is 3.53. The predicted molar refractivity (Wildman–Crippen MR) is 41.5 cm³/mol. The van der Waals surface area contributed by atoms with Crippen LogP contribution in [-0.2, 0) is 4.74 Å². The van der Waals surface area contributed by atoms with Crippen LogP contribution in [0.3, 0.4) is 0 Å². The van der Waals surface area contributed by atoms with Crippen molar-refractivity contribution >= 4 is 5.90 Å². The van der Waals surface area contributed by atoms with Crippen LogP contribution in [0.15, 0.2) is 10.1 Å². The molecule has 0 aromatic carbocycles. The third kappa shape index (κ3) is 2.47. The van der Waals surface area contributed by atoms with E-state index in [2.05, 4.69) is 15.0 Å². The zero-order valence-corrected chi connectivity index (χ0v) is 6.40. The average molecular weight is 154 g/mol. The minimum Gasteiger partial charge on any atom is -0.479 e. The summed E-state index contributed by atoms with van der Waals surface area (Å²) in [7, 11) is 0. The maximum absolute atomic E-state index is 8.09. The van der Waals surface area contributed by atoms with Gasteiger partial charge in [-0.3, -0.25) is 4.99 Å². The molecule has 11 heavy (non-hydrogen) atoms. The van der Waals surface area contributed by atoms with Crippen LogP contribution in [0, 0.1) is 0 Å². The van der Waals surface area contributed by atoms with E-state index in [1.165, 1.54) is 0 Å². The van der Waals surface area contributed by atoms with E-state index in [4.69, 9.17) is 10.3 Å². The van der Waals surface area contributed by atoms with Crippen LogP contribution in [0.2, 0.25) is 0 Å². The molecule has 5 heteroatoms. The molecule has 0 aliphatic carbocycles. The molecule has 0 fully saturated rings. The maximum atomic E-state index is 8.09. The summed E-state index contributed by atoms with van der Waals surface area (Å²) in [5.41, 5.74) is 8.09. The Kier molecular flexibility index (Phi) is 2.74. The van der Waals surface area contributed by atoms with Crippen LogP contribution in [0.25, 0.3) is 10.4 Å². The fraction of sp³-hybridized carbons (Fsp3) is 0.833. The minimum absolute atomic E-state index is 0.0585. The summed E-state index contributed by atoms with van der Waals surface area (Å²) in [5.74, 6) is 0.713. The Morgan fingerprint density at radius 3 is 3.27 bits per heavy atom. The lowest BCUT2D eigenvalue weighted by atomic mass is 10.2. The Labute approximate surface area is 64.7 Å². The summed E-state index contributed by atoms with van der Waals surface area (Å²) in [5, 5.41) is 3.51. The molecule has 0 amide bonds. The molecule has 0 saturated carbocycles. The van der Waals surface area contributed by atoms with Gasteiger partial charge in [0.15, 0.2) is 5.90 Å². The molecule has 0 bridgehead atoms. The topological polar surface area (TPSA) is 70.4 Å². The average Bonchev–Trinajstić information content (AvgIpc) is 2.40. The van der Waals surface area contributed by atoms with Crippen molar-refractivity contribution in [1.82, 2.24) is 0 Å². The normalized spacial score (nSPS) is 18.1. The number of ether oxygens (including phenoxy) is 1. The first-order valence-corrected chi connectivity index (χ1v) is 3.53. The van der Waals surface area contributed by atoms with Crippen molar-refractivity contribution in [2.45, 2.75) is 19.4 Å². The summed E-state index contributed by atoms with van der Waals surface area (Å²) in [4.78, 5) is 6.76. The summed E-state index contributed by atoms with van der Waals surface area (Å²) >= 11 is 0. The van der Waals surface area contributed by atoms with E-state index in [0.29, 0.717) is 18.9 Å². The Morgan fingerprint density at radius 2 is 2.73 bits per heavy atom. The first kappa shape index (κ1) is 7.88. The molecule has 1 atom stereocenters. The van der Waals surface area contributed by atoms with Gasteiger partial charge in [-0.2, -0.15) is 0 Å². The molecule has 60 valence electrons. The molecule has 0 aromatic heterocycles. The summed E-state index contributed by atoms with van der Waals surface area (Å²) in [6, 6.07) is -0.0585. The molecular formula is C6H10N4O. The van der Waals surface area contributed by atoms with Gasteiger partial charge >= 0.3 is 0 Å². The van der Waals surface area contributed by atoms with Crippen molar-refractivity contribution in [2.24, 2.45) is 10.1 Å². The SMILES string of the molecule is CC(CC1=NCCO1)N=[N+]=[N-]. The first-order chi connectivity index (χ1) is 5.33. The van der Waals surface area contributed by atoms with Crippen molar-refractivity contribution in [2.75, 3.05) is 13.2 Å². The lowest BCUT2D eigenvalue weighted by molar-refractivity contribution is 0.335. The molecule has 0 radical (unpaired) electrons. The Bertz CT molecular complexity index is 207. The fourth-order valence-electron chi connectivity index (χ4n) is 0.885. The van der Waals surface area contributed by atoms with Gasteiger partial charge in [0, 0.05) is 17.4 Å². The van der Waals surface area contributed by atoms with E-state index in [-0.39, 0.29) is 6.04 Å². The monoisotopic (exact) mass is 154 g/mol. The second-order valence-electron chi connectivity index (χ2n) is 2.38. The lowest BCUT2D eigenvalue weighted by Gasteiger charge is -2.02. The molecule has 5 nitrogen and oxygen atoms in total. The third-order valence-corrected chi connectivity index (χ3v) is 1.37. The van der Waals surface area contributed by atoms with E-state index in [1.807, 2.05) is 6.92 Å². The van der Waals surface area contributed by atoms with Gasteiger partial charge in [0.2, 0.25) is 0 Å². The molecule has 0 aromatic rings.